The molecule has 0 saturated carbocycles. The van der Waals surface area contributed by atoms with Gasteiger partial charge in [0.05, 0.1) is 22.0 Å². The van der Waals surface area contributed by atoms with Gasteiger partial charge in [-0.15, -0.1) is 0 Å². The molecule has 0 radical (unpaired) electrons. The Morgan fingerprint density at radius 3 is 2.56 bits per heavy atom. The monoisotopic (exact) mass is 549 g/mol. The van der Waals surface area contributed by atoms with Crippen LogP contribution in [0.1, 0.15) is 23.9 Å². The molecule has 0 N–H and O–H groups in total. The van der Waals surface area contributed by atoms with E-state index in [4.69, 9.17) is 4.74 Å². The molecular weight excluding hydrogens is 526 g/mol. The minimum Gasteiger partial charge on any atom is -0.488 e. The number of anilines is 1. The summed E-state index contributed by atoms with van der Waals surface area (Å²) in [6, 6.07) is 17.3. The summed E-state index contributed by atoms with van der Waals surface area (Å²) in [6.07, 6.45) is 2.11. The summed E-state index contributed by atoms with van der Waals surface area (Å²) in [4.78, 5) is 30.2. The minimum absolute atomic E-state index is 0.0226. The van der Waals surface area contributed by atoms with Gasteiger partial charge in [-0.3, -0.25) is 14.9 Å². The smallest absolute Gasteiger partial charge is 0.282 e. The molecule has 0 aliphatic rings. The van der Waals surface area contributed by atoms with Crippen molar-refractivity contribution in [2.75, 3.05) is 19.0 Å². The number of nitro groups is 1. The standard InChI is InChI=1S/C26H24BrN5O4/c1-4-25-29-23-12-8-19(27)13-22(23)26(33)31(25)28-15-18-7-11-21(30(2)3)14-24(18)36-16-17-5-9-20(10-6-17)32(34)35/h5-15H,4,16H2,1-3H3. The average molecular weight is 550 g/mol. The van der Waals surface area contributed by atoms with Crippen molar-refractivity contribution in [3.63, 3.8) is 0 Å². The van der Waals surface area contributed by atoms with E-state index >= 15 is 0 Å². The Morgan fingerprint density at radius 2 is 1.89 bits per heavy atom. The fourth-order valence-corrected chi connectivity index (χ4v) is 3.93. The maximum absolute atomic E-state index is 13.2. The van der Waals surface area contributed by atoms with Crippen LogP contribution in [-0.2, 0) is 13.0 Å². The zero-order valence-corrected chi connectivity index (χ0v) is 21.6. The Morgan fingerprint density at radius 1 is 1.14 bits per heavy atom. The summed E-state index contributed by atoms with van der Waals surface area (Å²) in [7, 11) is 3.85. The van der Waals surface area contributed by atoms with Gasteiger partial charge in [0.2, 0.25) is 0 Å². The number of hydrogen-bond donors (Lipinski definition) is 0. The van der Waals surface area contributed by atoms with Crippen LogP contribution in [0.25, 0.3) is 10.9 Å². The second-order valence-electron chi connectivity index (χ2n) is 8.23. The Labute approximate surface area is 215 Å². The van der Waals surface area contributed by atoms with Crippen molar-refractivity contribution in [1.82, 2.24) is 9.66 Å². The van der Waals surface area contributed by atoms with Crippen LogP contribution < -0.4 is 15.2 Å². The van der Waals surface area contributed by atoms with Crippen molar-refractivity contribution in [3.8, 4) is 5.75 Å². The van der Waals surface area contributed by atoms with Crippen LogP contribution in [0.5, 0.6) is 5.75 Å². The molecular formula is C26H24BrN5O4. The zero-order chi connectivity index (χ0) is 25.8. The average Bonchev–Trinajstić information content (AvgIpc) is 2.87. The van der Waals surface area contributed by atoms with Crippen LogP contribution >= 0.6 is 15.9 Å². The van der Waals surface area contributed by atoms with Crippen molar-refractivity contribution < 1.29 is 9.66 Å². The molecule has 4 rings (SSSR count). The number of hydrogen-bond acceptors (Lipinski definition) is 7. The first kappa shape index (κ1) is 25.1. The van der Waals surface area contributed by atoms with Crippen LogP contribution in [0.2, 0.25) is 0 Å². The van der Waals surface area contributed by atoms with Gasteiger partial charge in [0.25, 0.3) is 11.2 Å². The molecule has 3 aromatic carbocycles. The summed E-state index contributed by atoms with van der Waals surface area (Å²) >= 11 is 3.41. The fraction of sp³-hybridized carbons (Fsp3) is 0.192. The summed E-state index contributed by atoms with van der Waals surface area (Å²) in [5, 5.41) is 15.9. The van der Waals surface area contributed by atoms with Gasteiger partial charge in [-0.05, 0) is 48.0 Å². The van der Waals surface area contributed by atoms with Gasteiger partial charge in [0.15, 0.2) is 0 Å². The molecule has 0 atom stereocenters. The number of aryl methyl sites for hydroxylation is 1. The number of fused-ring (bicyclic) bond motifs is 1. The molecule has 1 heterocycles. The first-order chi connectivity index (χ1) is 17.3. The second kappa shape index (κ2) is 10.7. The third kappa shape index (κ3) is 5.44. The lowest BCUT2D eigenvalue weighted by Gasteiger charge is -2.16. The van der Waals surface area contributed by atoms with Crippen molar-refractivity contribution >= 4 is 44.4 Å². The number of nitro benzene ring substituents is 1. The Balaban J connectivity index is 1.69. The molecule has 0 amide bonds. The Bertz CT molecular complexity index is 1510. The van der Waals surface area contributed by atoms with Crippen molar-refractivity contribution in [1.29, 1.82) is 0 Å². The van der Waals surface area contributed by atoms with Gasteiger partial charge < -0.3 is 9.64 Å². The molecule has 10 heteroatoms. The van der Waals surface area contributed by atoms with Gasteiger partial charge in [-0.1, -0.05) is 22.9 Å². The van der Waals surface area contributed by atoms with Crippen LogP contribution in [0.4, 0.5) is 11.4 Å². The molecule has 0 unspecified atom stereocenters. The number of non-ortho nitro benzene ring substituents is 1. The summed E-state index contributed by atoms with van der Waals surface area (Å²) in [5.74, 6) is 1.11. The highest BCUT2D eigenvalue weighted by molar-refractivity contribution is 9.10. The molecule has 0 aliphatic heterocycles. The number of rotatable bonds is 8. The van der Waals surface area contributed by atoms with E-state index in [1.807, 2.05) is 50.2 Å². The van der Waals surface area contributed by atoms with E-state index in [1.54, 1.807) is 30.5 Å². The lowest BCUT2D eigenvalue weighted by molar-refractivity contribution is -0.384. The third-order valence-corrected chi connectivity index (χ3v) is 6.05. The van der Waals surface area contributed by atoms with Crippen LogP contribution in [0.3, 0.4) is 0 Å². The molecule has 4 aromatic rings. The molecule has 0 saturated heterocycles. The number of halogens is 1. The highest BCUT2D eigenvalue weighted by Crippen LogP contribution is 2.25. The largest absolute Gasteiger partial charge is 0.488 e. The van der Waals surface area contributed by atoms with Crippen molar-refractivity contribution in [2.45, 2.75) is 20.0 Å². The predicted octanol–water partition coefficient (Wildman–Crippen LogP) is 5.16. The van der Waals surface area contributed by atoms with Crippen LogP contribution in [0.15, 0.2) is 75.0 Å². The molecule has 0 fully saturated rings. The summed E-state index contributed by atoms with van der Waals surface area (Å²) < 4.78 is 8.18. The van der Waals surface area contributed by atoms with E-state index in [0.29, 0.717) is 34.5 Å². The van der Waals surface area contributed by atoms with Gasteiger partial charge in [0.1, 0.15) is 18.2 Å². The number of nitrogens with zero attached hydrogens (tertiary/aromatic N) is 5. The number of ether oxygens (including phenoxy) is 1. The normalized spacial score (nSPS) is 11.2. The van der Waals surface area contributed by atoms with Gasteiger partial charge in [-0.25, -0.2) is 4.98 Å². The van der Waals surface area contributed by atoms with Gasteiger partial charge in [-0.2, -0.15) is 9.78 Å². The second-order valence-corrected chi connectivity index (χ2v) is 9.15. The molecule has 1 aromatic heterocycles. The maximum atomic E-state index is 13.2. The van der Waals surface area contributed by atoms with E-state index in [9.17, 15) is 14.9 Å². The highest BCUT2D eigenvalue weighted by Gasteiger charge is 2.11. The molecule has 0 spiro atoms. The zero-order valence-electron chi connectivity index (χ0n) is 20.0. The quantitative estimate of drug-likeness (QED) is 0.171. The first-order valence-corrected chi connectivity index (χ1v) is 12.0. The van der Waals surface area contributed by atoms with E-state index < -0.39 is 4.92 Å². The molecule has 9 nitrogen and oxygen atoms in total. The summed E-state index contributed by atoms with van der Waals surface area (Å²) in [5.41, 5.74) is 2.77. The van der Waals surface area contributed by atoms with E-state index in [2.05, 4.69) is 26.0 Å². The number of benzene rings is 3. The lowest BCUT2D eigenvalue weighted by atomic mass is 10.2. The molecule has 184 valence electrons. The van der Waals surface area contributed by atoms with E-state index in [1.165, 1.54) is 16.8 Å². The van der Waals surface area contributed by atoms with Crippen LogP contribution in [-0.4, -0.2) is 34.9 Å². The Hall–Kier alpha value is -4.05. The van der Waals surface area contributed by atoms with Gasteiger partial charge in [0, 0.05) is 54.4 Å². The minimum atomic E-state index is -0.438. The van der Waals surface area contributed by atoms with E-state index in [0.717, 1.165) is 15.7 Å². The predicted molar refractivity (Wildman–Crippen MR) is 144 cm³/mol. The van der Waals surface area contributed by atoms with Gasteiger partial charge >= 0.3 is 0 Å². The van der Waals surface area contributed by atoms with Crippen LogP contribution in [0, 0.1) is 10.1 Å². The molecule has 36 heavy (non-hydrogen) atoms. The lowest BCUT2D eigenvalue weighted by Crippen LogP contribution is -2.22. The number of aromatic nitrogens is 2. The molecule has 0 bridgehead atoms. The Kier molecular flexibility index (Phi) is 7.44. The summed E-state index contributed by atoms with van der Waals surface area (Å²) in [6.45, 7) is 2.13. The third-order valence-electron chi connectivity index (χ3n) is 5.56. The topological polar surface area (TPSA) is 103 Å². The van der Waals surface area contributed by atoms with Crippen molar-refractivity contribution in [2.24, 2.45) is 5.10 Å². The first-order valence-electron chi connectivity index (χ1n) is 11.2. The highest BCUT2D eigenvalue weighted by atomic mass is 79.9. The van der Waals surface area contributed by atoms with E-state index in [-0.39, 0.29) is 17.9 Å². The maximum Gasteiger partial charge on any atom is 0.282 e. The SMILES string of the molecule is CCc1nc2ccc(Br)cc2c(=O)n1N=Cc1ccc(N(C)C)cc1OCc1ccc([N+](=O)[O-])cc1. The van der Waals surface area contributed by atoms with Crippen molar-refractivity contribution in [3.05, 3.63) is 103 Å². The fourth-order valence-electron chi connectivity index (χ4n) is 3.57. The molecule has 0 aliphatic carbocycles.